The Kier molecular flexibility index (Phi) is 12.9. The Morgan fingerprint density at radius 2 is 1.65 bits per heavy atom. The maximum atomic E-state index is 11.8. The van der Waals surface area contributed by atoms with Gasteiger partial charge in [0.25, 0.3) is 0 Å². The lowest BCUT2D eigenvalue weighted by molar-refractivity contribution is -0.150. The molecule has 0 aromatic heterocycles. The normalized spacial score (nSPS) is 12.1. The molecule has 1 atom stereocenters. The first kappa shape index (κ1) is 21.5. The number of hydrogen-bond donors (Lipinski definition) is 2. The second kappa shape index (κ2) is 12.0. The van der Waals surface area contributed by atoms with E-state index in [1.807, 2.05) is 13.8 Å². The topological polar surface area (TPSA) is 75.6 Å². The van der Waals surface area contributed by atoms with Crippen LogP contribution in [0.25, 0.3) is 0 Å². The fourth-order valence-corrected chi connectivity index (χ4v) is 1.46. The summed E-state index contributed by atoms with van der Waals surface area (Å²) in [4.78, 5) is 22.5. The largest absolute Gasteiger partial charge is 0.481 e. The van der Waals surface area contributed by atoms with Gasteiger partial charge in [-0.2, -0.15) is 0 Å². The quantitative estimate of drug-likeness (QED) is 0.606. The number of esters is 1. The Labute approximate surface area is 127 Å². The molecule has 0 aromatic rings. The average molecular weight is 310 g/mol. The van der Waals surface area contributed by atoms with E-state index in [0.717, 1.165) is 12.8 Å². The summed E-state index contributed by atoms with van der Waals surface area (Å²) in [5.74, 6) is -0.496. The van der Waals surface area contributed by atoms with Crippen molar-refractivity contribution in [1.82, 2.24) is 5.32 Å². The van der Waals surface area contributed by atoms with E-state index < -0.39 is 18.0 Å². The van der Waals surface area contributed by atoms with Crippen LogP contribution in [0.1, 0.15) is 47.0 Å². The van der Waals surface area contributed by atoms with E-state index in [1.54, 1.807) is 0 Å². The number of ether oxygens (including phenoxy) is 1. The molecule has 0 aliphatic heterocycles. The van der Waals surface area contributed by atoms with Crippen molar-refractivity contribution in [3.05, 3.63) is 0 Å². The minimum absolute atomic E-state index is 0. The summed E-state index contributed by atoms with van der Waals surface area (Å²) in [7, 11) is 0. The van der Waals surface area contributed by atoms with Crippen LogP contribution < -0.4 is 5.32 Å². The molecule has 0 saturated heterocycles. The molecule has 0 aromatic carbocycles. The number of carbonyl (C=O) groups excluding carboxylic acids is 1. The third-order valence-electron chi connectivity index (χ3n) is 2.72. The smallest absolute Gasteiger partial charge is 0.323 e. The third-order valence-corrected chi connectivity index (χ3v) is 2.72. The molecule has 0 rings (SSSR count). The molecule has 5 nitrogen and oxygen atoms in total. The first-order valence-electron chi connectivity index (χ1n) is 6.94. The highest BCUT2D eigenvalue weighted by Crippen LogP contribution is 2.03. The van der Waals surface area contributed by atoms with E-state index >= 15 is 0 Å². The van der Waals surface area contributed by atoms with Crippen LogP contribution in [0.5, 0.6) is 0 Å². The molecule has 0 saturated carbocycles. The van der Waals surface area contributed by atoms with Crippen molar-refractivity contribution in [1.29, 1.82) is 0 Å². The van der Waals surface area contributed by atoms with Crippen LogP contribution in [-0.2, 0) is 14.3 Å². The second-order valence-electron chi connectivity index (χ2n) is 5.64. The summed E-state index contributed by atoms with van der Waals surface area (Å²) < 4.78 is 5.11. The van der Waals surface area contributed by atoms with Crippen molar-refractivity contribution in [2.24, 2.45) is 11.8 Å². The van der Waals surface area contributed by atoms with Crippen LogP contribution in [0.15, 0.2) is 0 Å². The summed E-state index contributed by atoms with van der Waals surface area (Å²) in [6.45, 7) is 9.21. The molecule has 6 heteroatoms. The molecule has 0 aliphatic carbocycles. The molecular weight excluding hydrogens is 282 g/mol. The van der Waals surface area contributed by atoms with Gasteiger partial charge in [-0.3, -0.25) is 9.59 Å². The van der Waals surface area contributed by atoms with E-state index in [-0.39, 0.29) is 18.8 Å². The van der Waals surface area contributed by atoms with Crippen molar-refractivity contribution in [3.8, 4) is 0 Å². The summed E-state index contributed by atoms with van der Waals surface area (Å²) in [5.41, 5.74) is 0. The fourth-order valence-electron chi connectivity index (χ4n) is 1.46. The molecule has 0 radical (unpaired) electrons. The molecule has 0 unspecified atom stereocenters. The van der Waals surface area contributed by atoms with Gasteiger partial charge in [-0.15, -0.1) is 12.4 Å². The lowest BCUT2D eigenvalue weighted by Crippen LogP contribution is -2.40. The van der Waals surface area contributed by atoms with Crippen LogP contribution >= 0.6 is 12.4 Å². The van der Waals surface area contributed by atoms with Gasteiger partial charge in [-0.1, -0.05) is 27.7 Å². The molecule has 2 N–H and O–H groups in total. The Hall–Kier alpha value is -0.810. The molecule has 120 valence electrons. The number of carboxylic acid groups (broad SMARTS) is 1. The van der Waals surface area contributed by atoms with Crippen LogP contribution in [0.4, 0.5) is 0 Å². The predicted molar refractivity (Wildman–Crippen MR) is 81.2 cm³/mol. The number of carbonyl (C=O) groups is 2. The molecular formula is C14H28ClNO4. The second-order valence-corrected chi connectivity index (χ2v) is 5.64. The van der Waals surface area contributed by atoms with Crippen molar-refractivity contribution in [2.45, 2.75) is 53.0 Å². The Morgan fingerprint density at radius 1 is 1.10 bits per heavy atom. The number of carboxylic acids is 1. The zero-order valence-electron chi connectivity index (χ0n) is 12.8. The van der Waals surface area contributed by atoms with Crippen LogP contribution in [0.2, 0.25) is 0 Å². The fraction of sp³-hybridized carbons (Fsp3) is 0.857. The Bertz CT molecular complexity index is 282. The maximum absolute atomic E-state index is 11.8. The van der Waals surface area contributed by atoms with Gasteiger partial charge in [-0.05, 0) is 31.2 Å². The third kappa shape index (κ3) is 12.2. The van der Waals surface area contributed by atoms with E-state index in [1.165, 1.54) is 0 Å². The van der Waals surface area contributed by atoms with Gasteiger partial charge in [0.1, 0.15) is 6.04 Å². The van der Waals surface area contributed by atoms with Crippen molar-refractivity contribution in [3.63, 3.8) is 0 Å². The molecule has 0 heterocycles. The van der Waals surface area contributed by atoms with Crippen molar-refractivity contribution < 1.29 is 19.4 Å². The van der Waals surface area contributed by atoms with Gasteiger partial charge >= 0.3 is 11.9 Å². The average Bonchev–Trinajstić information content (AvgIpc) is 2.26. The predicted octanol–water partition coefficient (Wildman–Crippen LogP) is 2.48. The molecule has 0 spiro atoms. The highest BCUT2D eigenvalue weighted by molar-refractivity contribution is 5.85. The minimum atomic E-state index is -0.997. The summed E-state index contributed by atoms with van der Waals surface area (Å²) >= 11 is 0. The van der Waals surface area contributed by atoms with E-state index in [9.17, 15) is 9.59 Å². The number of rotatable bonds is 10. The first-order chi connectivity index (χ1) is 8.82. The van der Waals surface area contributed by atoms with E-state index in [0.29, 0.717) is 25.0 Å². The zero-order chi connectivity index (χ0) is 14.8. The number of halogens is 1. The summed E-state index contributed by atoms with van der Waals surface area (Å²) in [5, 5.41) is 11.8. The molecule has 0 bridgehead atoms. The Morgan fingerprint density at radius 3 is 2.10 bits per heavy atom. The van der Waals surface area contributed by atoms with Gasteiger partial charge in [0.15, 0.2) is 0 Å². The molecule has 0 amide bonds. The maximum Gasteiger partial charge on any atom is 0.323 e. The lowest BCUT2D eigenvalue weighted by atomic mass is 10.1. The van der Waals surface area contributed by atoms with Crippen molar-refractivity contribution in [2.75, 3.05) is 13.2 Å². The first-order valence-corrected chi connectivity index (χ1v) is 6.94. The standard InChI is InChI=1S/C14H27NO4.ClH/c1-10(2)5-7-15-12(9-13(16)17)14(18)19-8-6-11(3)4;/h10-12,15H,5-9H2,1-4H3,(H,16,17);1H/t12-;/m0./s1. The van der Waals surface area contributed by atoms with Gasteiger partial charge in [-0.25, -0.2) is 0 Å². The zero-order valence-corrected chi connectivity index (χ0v) is 13.7. The van der Waals surface area contributed by atoms with Gasteiger partial charge in [0, 0.05) is 0 Å². The van der Waals surface area contributed by atoms with Gasteiger partial charge in [0.05, 0.1) is 13.0 Å². The monoisotopic (exact) mass is 309 g/mol. The van der Waals surface area contributed by atoms with E-state index in [4.69, 9.17) is 9.84 Å². The van der Waals surface area contributed by atoms with Gasteiger partial charge < -0.3 is 15.2 Å². The Balaban J connectivity index is 0. The lowest BCUT2D eigenvalue weighted by Gasteiger charge is -2.17. The van der Waals surface area contributed by atoms with Gasteiger partial charge in [0.2, 0.25) is 0 Å². The summed E-state index contributed by atoms with van der Waals surface area (Å²) in [6, 6.07) is -0.747. The van der Waals surface area contributed by atoms with E-state index in [2.05, 4.69) is 19.2 Å². The molecule has 0 fully saturated rings. The highest BCUT2D eigenvalue weighted by Gasteiger charge is 2.22. The highest BCUT2D eigenvalue weighted by atomic mass is 35.5. The van der Waals surface area contributed by atoms with Crippen molar-refractivity contribution >= 4 is 24.3 Å². The van der Waals surface area contributed by atoms with Crippen LogP contribution in [0.3, 0.4) is 0 Å². The van der Waals surface area contributed by atoms with Crippen LogP contribution in [-0.4, -0.2) is 36.2 Å². The number of nitrogens with one attached hydrogen (secondary N) is 1. The number of aliphatic carboxylic acids is 1. The van der Waals surface area contributed by atoms with Crippen LogP contribution in [0, 0.1) is 11.8 Å². The SMILES string of the molecule is CC(C)CCN[C@@H](CC(=O)O)C(=O)OCCC(C)C.Cl. The number of hydrogen-bond acceptors (Lipinski definition) is 4. The minimum Gasteiger partial charge on any atom is -0.481 e. The molecule has 0 aliphatic rings. The summed E-state index contributed by atoms with van der Waals surface area (Å²) in [6.07, 6.45) is 1.45. The molecule has 20 heavy (non-hydrogen) atoms.